The van der Waals surface area contributed by atoms with Gasteiger partial charge in [0, 0.05) is 6.54 Å². The van der Waals surface area contributed by atoms with Crippen LogP contribution in [0.25, 0.3) is 0 Å². The van der Waals surface area contributed by atoms with Crippen LogP contribution in [0.5, 0.6) is 0 Å². The number of benzene rings is 1. The summed E-state index contributed by atoms with van der Waals surface area (Å²) >= 11 is 0. The van der Waals surface area contributed by atoms with Crippen LogP contribution in [0, 0.1) is 5.92 Å². The van der Waals surface area contributed by atoms with Crippen LogP contribution in [0.15, 0.2) is 24.3 Å². The van der Waals surface area contributed by atoms with Crippen LogP contribution in [-0.4, -0.2) is 42.3 Å². The van der Waals surface area contributed by atoms with E-state index in [-0.39, 0.29) is 5.92 Å². The lowest BCUT2D eigenvalue weighted by Gasteiger charge is -2.33. The van der Waals surface area contributed by atoms with Gasteiger partial charge in [0.25, 0.3) is 0 Å². The summed E-state index contributed by atoms with van der Waals surface area (Å²) in [6.07, 6.45) is -4.26. The molecule has 0 spiro atoms. The number of hydrogen-bond acceptors (Lipinski definition) is 4. The van der Waals surface area contributed by atoms with E-state index in [0.29, 0.717) is 38.0 Å². The summed E-state index contributed by atoms with van der Waals surface area (Å²) in [5.74, 6) is -0.804. The number of hydrogen-bond donors (Lipinski definition) is 1. The minimum Gasteiger partial charge on any atom is -0.467 e. The van der Waals surface area contributed by atoms with Gasteiger partial charge in [-0.1, -0.05) is 18.2 Å². The molecular weight excluding hydrogens is 311 g/mol. The standard InChI is InChI=1S/C16H20F3NO3/c1-23-15(22)14(21)12-5-7-20(8-6-12)10-11-3-2-4-13(9-11)16(17,18)19/h2-4,9,12,14,21H,5-8,10H2,1H3. The molecule has 1 saturated heterocycles. The van der Waals surface area contributed by atoms with E-state index < -0.39 is 23.8 Å². The summed E-state index contributed by atoms with van der Waals surface area (Å²) in [4.78, 5) is 13.3. The molecule has 0 bridgehead atoms. The highest BCUT2D eigenvalue weighted by atomic mass is 19.4. The second kappa shape index (κ2) is 7.31. The molecule has 0 amide bonds. The van der Waals surface area contributed by atoms with Gasteiger partial charge < -0.3 is 9.84 Å². The molecule has 1 unspecified atom stereocenters. The minimum absolute atomic E-state index is 0.166. The lowest BCUT2D eigenvalue weighted by molar-refractivity contribution is -0.154. The highest BCUT2D eigenvalue weighted by Crippen LogP contribution is 2.30. The van der Waals surface area contributed by atoms with Gasteiger partial charge in [-0.3, -0.25) is 4.90 Å². The summed E-state index contributed by atoms with van der Waals surface area (Å²) in [5.41, 5.74) is -0.0437. The third-order valence-corrected chi connectivity index (χ3v) is 4.18. The molecule has 128 valence electrons. The summed E-state index contributed by atoms with van der Waals surface area (Å²) in [7, 11) is 1.23. The Morgan fingerprint density at radius 2 is 2.04 bits per heavy atom. The number of halogens is 3. The number of likely N-dealkylation sites (tertiary alicyclic amines) is 1. The van der Waals surface area contributed by atoms with Crippen molar-refractivity contribution in [1.82, 2.24) is 4.90 Å². The van der Waals surface area contributed by atoms with Gasteiger partial charge in [0.15, 0.2) is 6.10 Å². The monoisotopic (exact) mass is 331 g/mol. The molecule has 1 fully saturated rings. The lowest BCUT2D eigenvalue weighted by atomic mass is 9.91. The van der Waals surface area contributed by atoms with E-state index in [1.807, 2.05) is 4.90 Å². The van der Waals surface area contributed by atoms with Crippen molar-refractivity contribution in [3.05, 3.63) is 35.4 Å². The van der Waals surface area contributed by atoms with Gasteiger partial charge in [0.05, 0.1) is 12.7 Å². The molecule has 0 aromatic heterocycles. The van der Waals surface area contributed by atoms with E-state index in [1.54, 1.807) is 6.07 Å². The molecule has 0 saturated carbocycles. The topological polar surface area (TPSA) is 49.8 Å². The Labute approximate surface area is 132 Å². The molecule has 1 N–H and O–H groups in total. The summed E-state index contributed by atoms with van der Waals surface area (Å²) < 4.78 is 42.7. The van der Waals surface area contributed by atoms with E-state index in [9.17, 15) is 23.1 Å². The van der Waals surface area contributed by atoms with Gasteiger partial charge in [0.2, 0.25) is 0 Å². The Hall–Kier alpha value is -1.60. The van der Waals surface area contributed by atoms with Crippen molar-refractivity contribution in [1.29, 1.82) is 0 Å². The van der Waals surface area contributed by atoms with Crippen molar-refractivity contribution in [3.63, 3.8) is 0 Å². The van der Waals surface area contributed by atoms with Crippen LogP contribution in [0.4, 0.5) is 13.2 Å². The Morgan fingerprint density at radius 3 is 2.61 bits per heavy atom. The van der Waals surface area contributed by atoms with Crippen LogP contribution >= 0.6 is 0 Å². The second-order valence-electron chi connectivity index (χ2n) is 5.78. The van der Waals surface area contributed by atoms with E-state index in [4.69, 9.17) is 0 Å². The Balaban J connectivity index is 1.91. The third kappa shape index (κ3) is 4.68. The van der Waals surface area contributed by atoms with Crippen LogP contribution in [0.1, 0.15) is 24.0 Å². The molecule has 0 aliphatic carbocycles. The SMILES string of the molecule is COC(=O)C(O)C1CCN(Cc2cccc(C(F)(F)F)c2)CC1. The number of carbonyl (C=O) groups is 1. The van der Waals surface area contributed by atoms with Crippen molar-refractivity contribution in [2.24, 2.45) is 5.92 Å². The smallest absolute Gasteiger partial charge is 0.416 e. The van der Waals surface area contributed by atoms with Gasteiger partial charge in [-0.05, 0) is 43.5 Å². The van der Waals surface area contributed by atoms with E-state index in [1.165, 1.54) is 13.2 Å². The number of carbonyl (C=O) groups excluding carboxylic acids is 1. The molecule has 1 aliphatic rings. The first-order valence-electron chi connectivity index (χ1n) is 7.45. The third-order valence-electron chi connectivity index (χ3n) is 4.18. The van der Waals surface area contributed by atoms with Crippen LogP contribution in [0.3, 0.4) is 0 Å². The van der Waals surface area contributed by atoms with Gasteiger partial charge >= 0.3 is 12.1 Å². The molecule has 4 nitrogen and oxygen atoms in total. The molecule has 1 aromatic carbocycles. The summed E-state index contributed by atoms with van der Waals surface area (Å²) in [6, 6.07) is 5.30. The molecule has 1 heterocycles. The Morgan fingerprint density at radius 1 is 1.39 bits per heavy atom. The summed E-state index contributed by atoms with van der Waals surface area (Å²) in [6.45, 7) is 1.66. The maximum Gasteiger partial charge on any atom is 0.416 e. The van der Waals surface area contributed by atoms with Gasteiger partial charge in [-0.25, -0.2) is 4.79 Å². The second-order valence-corrected chi connectivity index (χ2v) is 5.78. The molecule has 2 rings (SSSR count). The van der Waals surface area contributed by atoms with Crippen molar-refractivity contribution in [2.45, 2.75) is 31.7 Å². The number of aliphatic hydroxyl groups excluding tert-OH is 1. The van der Waals surface area contributed by atoms with Gasteiger partial charge in [-0.2, -0.15) is 13.2 Å². The van der Waals surface area contributed by atoms with Crippen LogP contribution < -0.4 is 0 Å². The highest BCUT2D eigenvalue weighted by Gasteiger charge is 2.32. The number of methoxy groups -OCH3 is 1. The number of rotatable bonds is 4. The molecule has 0 radical (unpaired) electrons. The molecule has 7 heteroatoms. The maximum absolute atomic E-state index is 12.7. The fourth-order valence-electron chi connectivity index (χ4n) is 2.84. The van der Waals surface area contributed by atoms with E-state index >= 15 is 0 Å². The largest absolute Gasteiger partial charge is 0.467 e. The number of ether oxygens (including phenoxy) is 1. The Kier molecular flexibility index (Phi) is 5.64. The number of nitrogens with zero attached hydrogens (tertiary/aromatic N) is 1. The van der Waals surface area contributed by atoms with Gasteiger partial charge in [-0.15, -0.1) is 0 Å². The molecule has 1 atom stereocenters. The predicted octanol–water partition coefficient (Wildman–Crippen LogP) is 2.45. The molecule has 23 heavy (non-hydrogen) atoms. The number of alkyl halides is 3. The first-order valence-corrected chi connectivity index (χ1v) is 7.45. The average Bonchev–Trinajstić information content (AvgIpc) is 2.53. The zero-order valence-electron chi connectivity index (χ0n) is 12.8. The number of aliphatic hydroxyl groups is 1. The van der Waals surface area contributed by atoms with E-state index in [2.05, 4.69) is 4.74 Å². The first-order chi connectivity index (χ1) is 10.8. The predicted molar refractivity (Wildman–Crippen MR) is 77.5 cm³/mol. The zero-order valence-corrected chi connectivity index (χ0v) is 12.8. The number of esters is 1. The normalized spacial score (nSPS) is 18.7. The summed E-state index contributed by atoms with van der Waals surface area (Å²) in [5, 5.41) is 9.83. The van der Waals surface area contributed by atoms with Crippen LogP contribution in [0.2, 0.25) is 0 Å². The van der Waals surface area contributed by atoms with Crippen molar-refractivity contribution in [2.75, 3.05) is 20.2 Å². The van der Waals surface area contributed by atoms with Gasteiger partial charge in [0.1, 0.15) is 0 Å². The number of piperidine rings is 1. The molecule has 1 aromatic rings. The zero-order chi connectivity index (χ0) is 17.0. The quantitative estimate of drug-likeness (QED) is 0.861. The minimum atomic E-state index is -4.34. The fourth-order valence-corrected chi connectivity index (χ4v) is 2.84. The van der Waals surface area contributed by atoms with Crippen molar-refractivity contribution in [3.8, 4) is 0 Å². The maximum atomic E-state index is 12.7. The Bertz CT molecular complexity index is 540. The van der Waals surface area contributed by atoms with E-state index in [0.717, 1.165) is 12.1 Å². The van der Waals surface area contributed by atoms with Crippen molar-refractivity contribution >= 4 is 5.97 Å². The highest BCUT2D eigenvalue weighted by molar-refractivity contribution is 5.74. The first kappa shape index (κ1) is 17.7. The lowest BCUT2D eigenvalue weighted by Crippen LogP contribution is -2.40. The average molecular weight is 331 g/mol. The fraction of sp³-hybridized carbons (Fsp3) is 0.562. The van der Waals surface area contributed by atoms with Crippen LogP contribution in [-0.2, 0) is 22.3 Å². The molecular formula is C16H20F3NO3. The molecule has 1 aliphatic heterocycles. The van der Waals surface area contributed by atoms with Crippen molar-refractivity contribution < 1.29 is 27.8 Å².